The van der Waals surface area contributed by atoms with Gasteiger partial charge < -0.3 is 4.74 Å². The third-order valence-electron chi connectivity index (χ3n) is 3.75. The van der Waals surface area contributed by atoms with Crippen molar-refractivity contribution in [2.24, 2.45) is 11.8 Å². The summed E-state index contributed by atoms with van der Waals surface area (Å²) < 4.78 is 6.01. The minimum absolute atomic E-state index is 0.300. The Kier molecular flexibility index (Phi) is 1.07. The van der Waals surface area contributed by atoms with Gasteiger partial charge >= 0.3 is 0 Å². The van der Waals surface area contributed by atoms with Gasteiger partial charge in [0.15, 0.2) is 0 Å². The van der Waals surface area contributed by atoms with Gasteiger partial charge in [-0.1, -0.05) is 0 Å². The standard InChI is InChI=1S/C10H16O/c1-10-5-7-2-8(6-10)4-9(3-7)11-10/h7-9H,2-6H2,1H3/t7-,8+,9?,10?. The molecule has 1 nitrogen and oxygen atoms in total. The van der Waals surface area contributed by atoms with Gasteiger partial charge in [0.2, 0.25) is 0 Å². The first kappa shape index (κ1) is 6.47. The lowest BCUT2D eigenvalue weighted by Gasteiger charge is -2.55. The quantitative estimate of drug-likeness (QED) is 0.517. The molecule has 4 fully saturated rings. The number of rotatable bonds is 0. The van der Waals surface area contributed by atoms with Gasteiger partial charge in [-0.05, 0) is 50.9 Å². The van der Waals surface area contributed by atoms with Gasteiger partial charge in [-0.3, -0.25) is 0 Å². The molecule has 0 N–H and O–H groups in total. The molecule has 4 aliphatic rings. The molecule has 2 aliphatic carbocycles. The Labute approximate surface area is 68.1 Å². The van der Waals surface area contributed by atoms with Crippen LogP contribution in [0.25, 0.3) is 0 Å². The molecule has 0 radical (unpaired) electrons. The summed E-state index contributed by atoms with van der Waals surface area (Å²) >= 11 is 0. The molecule has 0 aromatic carbocycles. The molecule has 0 spiro atoms. The van der Waals surface area contributed by atoms with Gasteiger partial charge in [-0.15, -0.1) is 0 Å². The summed E-state index contributed by atoms with van der Waals surface area (Å²) in [6.07, 6.45) is 7.58. The van der Waals surface area contributed by atoms with E-state index < -0.39 is 0 Å². The van der Waals surface area contributed by atoms with Crippen molar-refractivity contribution in [2.45, 2.75) is 50.7 Å². The maximum atomic E-state index is 6.01. The summed E-state index contributed by atoms with van der Waals surface area (Å²) in [4.78, 5) is 0. The van der Waals surface area contributed by atoms with E-state index in [9.17, 15) is 0 Å². The summed E-state index contributed by atoms with van der Waals surface area (Å²) in [5.74, 6) is 2.04. The monoisotopic (exact) mass is 152 g/mol. The zero-order valence-corrected chi connectivity index (χ0v) is 7.18. The number of ether oxygens (including phenoxy) is 1. The lowest BCUT2D eigenvalue weighted by atomic mass is 9.63. The lowest BCUT2D eigenvalue weighted by Crippen LogP contribution is -2.52. The fourth-order valence-corrected chi connectivity index (χ4v) is 3.74. The second-order valence-corrected chi connectivity index (χ2v) is 5.04. The second-order valence-electron chi connectivity index (χ2n) is 5.04. The highest BCUT2D eigenvalue weighted by atomic mass is 16.5. The summed E-state index contributed by atoms with van der Waals surface area (Å²) in [6.45, 7) is 2.32. The van der Waals surface area contributed by atoms with Crippen LogP contribution in [-0.4, -0.2) is 11.7 Å². The zero-order valence-electron chi connectivity index (χ0n) is 7.18. The Morgan fingerprint density at radius 1 is 1.09 bits per heavy atom. The molecule has 2 unspecified atom stereocenters. The van der Waals surface area contributed by atoms with E-state index >= 15 is 0 Å². The maximum Gasteiger partial charge on any atom is 0.0663 e. The minimum Gasteiger partial charge on any atom is -0.372 e. The molecular weight excluding hydrogens is 136 g/mol. The molecule has 0 aromatic heterocycles. The molecular formula is C10H16O. The molecule has 0 amide bonds. The minimum atomic E-state index is 0.300. The SMILES string of the molecule is CC12C[C@@H]3CC(C[C@@H](C3)C1)O2. The van der Waals surface area contributed by atoms with Crippen molar-refractivity contribution in [2.75, 3.05) is 0 Å². The van der Waals surface area contributed by atoms with Crippen molar-refractivity contribution in [1.29, 1.82) is 0 Å². The molecule has 4 bridgehead atoms. The molecule has 0 aromatic rings. The van der Waals surface area contributed by atoms with E-state index in [1.54, 1.807) is 0 Å². The van der Waals surface area contributed by atoms with Crippen LogP contribution in [-0.2, 0) is 4.74 Å². The molecule has 2 aliphatic heterocycles. The lowest BCUT2D eigenvalue weighted by molar-refractivity contribution is -0.210. The van der Waals surface area contributed by atoms with Crippen LogP contribution in [0.15, 0.2) is 0 Å². The molecule has 4 rings (SSSR count). The van der Waals surface area contributed by atoms with Crippen LogP contribution in [0.5, 0.6) is 0 Å². The van der Waals surface area contributed by atoms with Crippen molar-refractivity contribution in [3.8, 4) is 0 Å². The van der Waals surface area contributed by atoms with Gasteiger partial charge in [-0.25, -0.2) is 0 Å². The van der Waals surface area contributed by atoms with Crippen LogP contribution < -0.4 is 0 Å². The van der Waals surface area contributed by atoms with Crippen LogP contribution in [0.2, 0.25) is 0 Å². The van der Waals surface area contributed by atoms with Crippen LogP contribution in [0.1, 0.15) is 39.0 Å². The van der Waals surface area contributed by atoms with Crippen LogP contribution in [0.3, 0.4) is 0 Å². The Bertz CT molecular complexity index is 150. The predicted octanol–water partition coefficient (Wildman–Crippen LogP) is 2.35. The Morgan fingerprint density at radius 2 is 1.73 bits per heavy atom. The largest absolute Gasteiger partial charge is 0.372 e. The van der Waals surface area contributed by atoms with Crippen LogP contribution >= 0.6 is 0 Å². The first-order chi connectivity index (χ1) is 5.23. The molecule has 2 saturated heterocycles. The number of hydrogen-bond acceptors (Lipinski definition) is 1. The van der Waals surface area contributed by atoms with E-state index in [4.69, 9.17) is 4.74 Å². The van der Waals surface area contributed by atoms with Gasteiger partial charge in [0, 0.05) is 0 Å². The van der Waals surface area contributed by atoms with Crippen molar-refractivity contribution in [3.63, 3.8) is 0 Å². The molecule has 11 heavy (non-hydrogen) atoms. The maximum absolute atomic E-state index is 6.01. The highest BCUT2D eigenvalue weighted by Gasteiger charge is 2.49. The smallest absolute Gasteiger partial charge is 0.0663 e. The van der Waals surface area contributed by atoms with Crippen molar-refractivity contribution < 1.29 is 4.74 Å². The summed E-state index contributed by atoms with van der Waals surface area (Å²) in [7, 11) is 0. The zero-order chi connectivity index (χ0) is 7.47. The first-order valence-electron chi connectivity index (χ1n) is 4.91. The van der Waals surface area contributed by atoms with E-state index in [0.29, 0.717) is 11.7 Å². The molecule has 2 heterocycles. The summed E-state index contributed by atoms with van der Waals surface area (Å²) in [5, 5.41) is 0. The van der Waals surface area contributed by atoms with Crippen molar-refractivity contribution in [3.05, 3.63) is 0 Å². The van der Waals surface area contributed by atoms with E-state index in [1.165, 1.54) is 32.1 Å². The van der Waals surface area contributed by atoms with Crippen LogP contribution in [0.4, 0.5) is 0 Å². The fraction of sp³-hybridized carbons (Fsp3) is 1.00. The fourth-order valence-electron chi connectivity index (χ4n) is 3.74. The topological polar surface area (TPSA) is 9.23 Å². The molecule has 2 saturated carbocycles. The van der Waals surface area contributed by atoms with Gasteiger partial charge in [0.05, 0.1) is 11.7 Å². The molecule has 1 heteroatoms. The van der Waals surface area contributed by atoms with E-state index in [1.807, 2.05) is 0 Å². The third-order valence-corrected chi connectivity index (χ3v) is 3.75. The predicted molar refractivity (Wildman–Crippen MR) is 43.3 cm³/mol. The van der Waals surface area contributed by atoms with Crippen molar-refractivity contribution >= 4 is 0 Å². The third kappa shape index (κ3) is 0.868. The van der Waals surface area contributed by atoms with Gasteiger partial charge in [0.1, 0.15) is 0 Å². The highest BCUT2D eigenvalue weighted by molar-refractivity contribution is 4.99. The summed E-state index contributed by atoms with van der Waals surface area (Å²) in [6, 6.07) is 0. The van der Waals surface area contributed by atoms with E-state index in [0.717, 1.165) is 11.8 Å². The van der Waals surface area contributed by atoms with Gasteiger partial charge in [-0.2, -0.15) is 0 Å². The van der Waals surface area contributed by atoms with Gasteiger partial charge in [0.25, 0.3) is 0 Å². The second kappa shape index (κ2) is 1.82. The average Bonchev–Trinajstić information content (AvgIpc) is 1.79. The Morgan fingerprint density at radius 3 is 2.18 bits per heavy atom. The Balaban J connectivity index is 1.94. The van der Waals surface area contributed by atoms with Crippen LogP contribution in [0, 0.1) is 11.8 Å². The van der Waals surface area contributed by atoms with E-state index in [2.05, 4.69) is 6.92 Å². The molecule has 4 atom stereocenters. The summed E-state index contributed by atoms with van der Waals surface area (Å²) in [5.41, 5.74) is 0.300. The van der Waals surface area contributed by atoms with E-state index in [-0.39, 0.29) is 0 Å². The van der Waals surface area contributed by atoms with Crippen molar-refractivity contribution in [1.82, 2.24) is 0 Å². The highest BCUT2D eigenvalue weighted by Crippen LogP contribution is 2.52. The first-order valence-corrected chi connectivity index (χ1v) is 4.91. The normalized spacial score (nSPS) is 60.3. The average molecular weight is 152 g/mol. The Hall–Kier alpha value is -0.0400. The molecule has 62 valence electrons. The number of hydrogen-bond donors (Lipinski definition) is 0.